The van der Waals surface area contributed by atoms with Crippen LogP contribution in [0.4, 0.5) is 5.69 Å². The van der Waals surface area contributed by atoms with E-state index in [9.17, 15) is 4.79 Å². The van der Waals surface area contributed by atoms with Gasteiger partial charge < -0.3 is 10.6 Å². The predicted molar refractivity (Wildman–Crippen MR) is 78.9 cm³/mol. The largest absolute Gasteiger partial charge is 0.399 e. The molecule has 0 bridgehead atoms. The maximum Gasteiger partial charge on any atom is 0.230 e. The van der Waals surface area contributed by atoms with Crippen molar-refractivity contribution in [3.05, 3.63) is 29.8 Å². The van der Waals surface area contributed by atoms with Crippen LogP contribution in [0.15, 0.2) is 24.3 Å². The zero-order chi connectivity index (χ0) is 14.0. The van der Waals surface area contributed by atoms with Gasteiger partial charge in [-0.1, -0.05) is 12.1 Å². The summed E-state index contributed by atoms with van der Waals surface area (Å²) in [6.07, 6.45) is 3.44. The van der Waals surface area contributed by atoms with Gasteiger partial charge in [-0.2, -0.15) is 0 Å². The molecule has 0 saturated carbocycles. The molecule has 104 valence electrons. The number of piperidine rings is 1. The van der Waals surface area contributed by atoms with Gasteiger partial charge in [0.25, 0.3) is 0 Å². The third-order valence-corrected chi connectivity index (χ3v) is 4.23. The average molecular weight is 260 g/mol. The van der Waals surface area contributed by atoms with E-state index in [2.05, 4.69) is 18.7 Å². The van der Waals surface area contributed by atoms with Crippen LogP contribution in [0.3, 0.4) is 0 Å². The SMILES string of the molecule is CC(C(=O)N1C(C)CCCC1C)c1cccc(N)c1. The lowest BCUT2D eigenvalue weighted by Gasteiger charge is -2.40. The van der Waals surface area contributed by atoms with Crippen molar-refractivity contribution in [2.75, 3.05) is 5.73 Å². The fraction of sp³-hybridized carbons (Fsp3) is 0.562. The smallest absolute Gasteiger partial charge is 0.230 e. The molecule has 0 spiro atoms. The lowest BCUT2D eigenvalue weighted by Crippen LogP contribution is -2.49. The highest BCUT2D eigenvalue weighted by molar-refractivity contribution is 5.84. The number of carbonyl (C=O) groups is 1. The summed E-state index contributed by atoms with van der Waals surface area (Å²) in [7, 11) is 0. The second-order valence-electron chi connectivity index (χ2n) is 5.77. The molecule has 1 aromatic carbocycles. The van der Waals surface area contributed by atoms with Crippen molar-refractivity contribution in [3.63, 3.8) is 0 Å². The Labute approximate surface area is 115 Å². The molecule has 1 fully saturated rings. The lowest BCUT2D eigenvalue weighted by atomic mass is 9.93. The van der Waals surface area contributed by atoms with Crippen molar-refractivity contribution < 1.29 is 4.79 Å². The van der Waals surface area contributed by atoms with Gasteiger partial charge in [-0.3, -0.25) is 4.79 Å². The summed E-state index contributed by atoms with van der Waals surface area (Å²) in [5.74, 6) is 0.108. The summed E-state index contributed by atoms with van der Waals surface area (Å²) in [6, 6.07) is 8.35. The zero-order valence-corrected chi connectivity index (χ0v) is 12.1. The third kappa shape index (κ3) is 2.91. The Morgan fingerprint density at radius 3 is 2.53 bits per heavy atom. The topological polar surface area (TPSA) is 46.3 Å². The van der Waals surface area contributed by atoms with Crippen LogP contribution in [0.1, 0.15) is 51.5 Å². The Morgan fingerprint density at radius 1 is 1.32 bits per heavy atom. The molecule has 2 N–H and O–H groups in total. The maximum absolute atomic E-state index is 12.7. The lowest BCUT2D eigenvalue weighted by molar-refractivity contribution is -0.138. The number of nitrogens with zero attached hydrogens (tertiary/aromatic N) is 1. The molecule has 3 heteroatoms. The number of amides is 1. The Hall–Kier alpha value is -1.51. The summed E-state index contributed by atoms with van der Waals surface area (Å²) in [4.78, 5) is 14.8. The molecule has 19 heavy (non-hydrogen) atoms. The minimum absolute atomic E-state index is 0.119. The van der Waals surface area contributed by atoms with Crippen LogP contribution < -0.4 is 5.73 Å². The van der Waals surface area contributed by atoms with E-state index in [1.165, 1.54) is 6.42 Å². The molecule has 0 aliphatic carbocycles. The number of likely N-dealkylation sites (tertiary alicyclic amines) is 1. The molecule has 1 aliphatic heterocycles. The van der Waals surface area contributed by atoms with Gasteiger partial charge >= 0.3 is 0 Å². The minimum Gasteiger partial charge on any atom is -0.399 e. The highest BCUT2D eigenvalue weighted by Crippen LogP contribution is 2.28. The van der Waals surface area contributed by atoms with Crippen molar-refractivity contribution >= 4 is 11.6 Å². The van der Waals surface area contributed by atoms with Gasteiger partial charge in [-0.15, -0.1) is 0 Å². The van der Waals surface area contributed by atoms with Crippen LogP contribution >= 0.6 is 0 Å². The number of anilines is 1. The molecule has 0 aromatic heterocycles. The van der Waals surface area contributed by atoms with Crippen LogP contribution in [0.5, 0.6) is 0 Å². The number of benzene rings is 1. The average Bonchev–Trinajstić information content (AvgIpc) is 2.37. The number of hydrogen-bond acceptors (Lipinski definition) is 2. The van der Waals surface area contributed by atoms with Crippen LogP contribution in [-0.4, -0.2) is 22.9 Å². The van der Waals surface area contributed by atoms with E-state index in [0.717, 1.165) is 24.1 Å². The Kier molecular flexibility index (Phi) is 4.13. The fourth-order valence-corrected chi connectivity index (χ4v) is 3.05. The van der Waals surface area contributed by atoms with Gasteiger partial charge in [-0.25, -0.2) is 0 Å². The van der Waals surface area contributed by atoms with Gasteiger partial charge in [0.15, 0.2) is 0 Å². The van der Waals surface area contributed by atoms with Gasteiger partial charge in [0.1, 0.15) is 0 Å². The van der Waals surface area contributed by atoms with Gasteiger partial charge in [0.05, 0.1) is 5.92 Å². The Bertz CT molecular complexity index is 448. The van der Waals surface area contributed by atoms with E-state index < -0.39 is 0 Å². The third-order valence-electron chi connectivity index (χ3n) is 4.23. The summed E-state index contributed by atoms with van der Waals surface area (Å²) in [5, 5.41) is 0. The number of hydrogen-bond donors (Lipinski definition) is 1. The van der Waals surface area contributed by atoms with Crippen LogP contribution in [0.2, 0.25) is 0 Å². The second-order valence-corrected chi connectivity index (χ2v) is 5.77. The highest BCUT2D eigenvalue weighted by Gasteiger charge is 2.32. The van der Waals surface area contributed by atoms with Crippen molar-refractivity contribution in [2.45, 2.75) is 58.0 Å². The second kappa shape index (κ2) is 5.64. The first-order valence-electron chi connectivity index (χ1n) is 7.18. The monoisotopic (exact) mass is 260 g/mol. The quantitative estimate of drug-likeness (QED) is 0.830. The number of carbonyl (C=O) groups excluding carboxylic acids is 1. The summed E-state index contributed by atoms with van der Waals surface area (Å²) >= 11 is 0. The number of nitrogen functional groups attached to an aromatic ring is 1. The first-order chi connectivity index (χ1) is 9.00. The number of nitrogens with two attached hydrogens (primary N) is 1. The Morgan fingerprint density at radius 2 is 1.95 bits per heavy atom. The summed E-state index contributed by atoms with van der Waals surface area (Å²) in [6.45, 7) is 6.28. The standard InChI is InChI=1S/C16H24N2O/c1-11-6-4-7-12(2)18(11)16(19)13(3)14-8-5-9-15(17)10-14/h5,8-13H,4,6-7,17H2,1-3H3. The van der Waals surface area contributed by atoms with E-state index in [1.54, 1.807) is 0 Å². The summed E-state index contributed by atoms with van der Waals surface area (Å²) < 4.78 is 0. The van der Waals surface area contributed by atoms with Crippen molar-refractivity contribution in [3.8, 4) is 0 Å². The molecule has 1 saturated heterocycles. The van der Waals surface area contributed by atoms with Crippen molar-refractivity contribution in [1.29, 1.82) is 0 Å². The van der Waals surface area contributed by atoms with E-state index in [0.29, 0.717) is 12.1 Å². The molecule has 1 aromatic rings. The van der Waals surface area contributed by atoms with E-state index in [4.69, 9.17) is 5.73 Å². The molecule has 3 nitrogen and oxygen atoms in total. The first-order valence-corrected chi connectivity index (χ1v) is 7.18. The Balaban J connectivity index is 2.18. The minimum atomic E-state index is -0.119. The molecular weight excluding hydrogens is 236 g/mol. The van der Waals surface area contributed by atoms with Crippen molar-refractivity contribution in [1.82, 2.24) is 4.90 Å². The van der Waals surface area contributed by atoms with Crippen molar-refractivity contribution in [2.24, 2.45) is 0 Å². The molecular formula is C16H24N2O. The van der Waals surface area contributed by atoms with Gasteiger partial charge in [0, 0.05) is 17.8 Å². The first kappa shape index (κ1) is 13.9. The summed E-state index contributed by atoms with van der Waals surface area (Å²) in [5.41, 5.74) is 7.53. The van der Waals surface area contributed by atoms with E-state index in [1.807, 2.05) is 31.2 Å². The van der Waals surface area contributed by atoms with Crippen LogP contribution in [0.25, 0.3) is 0 Å². The van der Waals surface area contributed by atoms with Crippen LogP contribution in [-0.2, 0) is 4.79 Å². The molecule has 3 unspecified atom stereocenters. The normalized spacial score (nSPS) is 25.1. The number of rotatable bonds is 2. The van der Waals surface area contributed by atoms with Crippen LogP contribution in [0, 0.1) is 0 Å². The van der Waals surface area contributed by atoms with E-state index in [-0.39, 0.29) is 11.8 Å². The predicted octanol–water partition coefficient (Wildman–Crippen LogP) is 3.16. The maximum atomic E-state index is 12.7. The molecule has 0 radical (unpaired) electrons. The highest BCUT2D eigenvalue weighted by atomic mass is 16.2. The molecule has 2 rings (SSSR count). The van der Waals surface area contributed by atoms with E-state index >= 15 is 0 Å². The zero-order valence-electron chi connectivity index (χ0n) is 12.1. The fourth-order valence-electron chi connectivity index (χ4n) is 3.05. The molecule has 1 aliphatic rings. The molecule has 1 amide bonds. The van der Waals surface area contributed by atoms with Gasteiger partial charge in [0.2, 0.25) is 5.91 Å². The molecule has 3 atom stereocenters. The van der Waals surface area contributed by atoms with Gasteiger partial charge in [-0.05, 0) is 57.7 Å². The molecule has 1 heterocycles.